The van der Waals surface area contributed by atoms with Gasteiger partial charge in [-0.25, -0.2) is 4.79 Å². The van der Waals surface area contributed by atoms with E-state index in [9.17, 15) is 24.0 Å². The summed E-state index contributed by atoms with van der Waals surface area (Å²) in [6, 6.07) is -3.04. The van der Waals surface area contributed by atoms with Gasteiger partial charge in [-0.1, -0.05) is 0 Å². The Bertz CT molecular complexity index is 708. The SMILES string of the molecule is CSCC(=O)NCCC[C@H](NC(=O)[C@@H]1[C@@H](NC(=O)NC(C)C)CCN1C(=O)CSC)C(N)=O. The minimum absolute atomic E-state index is 0.0939. The number of primary amides is 1. The summed E-state index contributed by atoms with van der Waals surface area (Å²) in [6.45, 7) is 4.29. The van der Waals surface area contributed by atoms with Gasteiger partial charge in [-0.15, -0.1) is 0 Å². The molecule has 6 amide bonds. The van der Waals surface area contributed by atoms with E-state index in [0.717, 1.165) is 0 Å². The van der Waals surface area contributed by atoms with E-state index >= 15 is 0 Å². The summed E-state index contributed by atoms with van der Waals surface area (Å²) < 4.78 is 0. The Morgan fingerprint density at radius 1 is 1.06 bits per heavy atom. The lowest BCUT2D eigenvalue weighted by Crippen LogP contribution is -2.59. The van der Waals surface area contributed by atoms with Gasteiger partial charge in [0.2, 0.25) is 23.6 Å². The van der Waals surface area contributed by atoms with E-state index in [1.54, 1.807) is 6.26 Å². The molecule has 11 nitrogen and oxygen atoms in total. The van der Waals surface area contributed by atoms with E-state index in [2.05, 4.69) is 21.3 Å². The first-order valence-corrected chi connectivity index (χ1v) is 13.6. The Balaban J connectivity index is 2.84. The van der Waals surface area contributed by atoms with E-state index in [4.69, 9.17) is 5.73 Å². The Morgan fingerprint density at radius 2 is 1.73 bits per heavy atom. The predicted molar refractivity (Wildman–Crippen MR) is 131 cm³/mol. The Kier molecular flexibility index (Phi) is 13.0. The van der Waals surface area contributed by atoms with Crippen molar-refractivity contribution in [1.29, 1.82) is 0 Å². The third kappa shape index (κ3) is 10.1. The predicted octanol–water partition coefficient (Wildman–Crippen LogP) is -0.744. The number of hydrogen-bond donors (Lipinski definition) is 5. The lowest BCUT2D eigenvalue weighted by Gasteiger charge is -2.29. The molecular weight excluding hydrogens is 468 g/mol. The number of nitrogens with zero attached hydrogens (tertiary/aromatic N) is 1. The van der Waals surface area contributed by atoms with Gasteiger partial charge < -0.3 is 31.9 Å². The van der Waals surface area contributed by atoms with Crippen molar-refractivity contribution in [2.45, 2.75) is 57.3 Å². The summed E-state index contributed by atoms with van der Waals surface area (Å²) in [7, 11) is 0. The fourth-order valence-corrected chi connectivity index (χ4v) is 4.26. The second-order valence-corrected chi connectivity index (χ2v) is 9.75. The lowest BCUT2D eigenvalue weighted by molar-refractivity contribution is -0.138. The van der Waals surface area contributed by atoms with E-state index in [0.29, 0.717) is 31.7 Å². The van der Waals surface area contributed by atoms with Gasteiger partial charge in [0, 0.05) is 19.1 Å². The summed E-state index contributed by atoms with van der Waals surface area (Å²) in [5, 5.41) is 10.9. The first-order chi connectivity index (χ1) is 15.6. The van der Waals surface area contributed by atoms with Crippen LogP contribution in [0.2, 0.25) is 0 Å². The molecule has 1 heterocycles. The Labute approximate surface area is 203 Å². The second-order valence-electron chi connectivity index (χ2n) is 8.02. The molecule has 0 bridgehead atoms. The standard InChI is InChI=1S/C20H36N6O5S2/c1-12(2)23-20(31)25-13-7-9-26(16(28)11-33-4)17(13)19(30)24-14(18(21)29)6-5-8-22-15(27)10-32-3/h12-14,17H,5-11H2,1-4H3,(H2,21,29)(H,22,27)(H,24,30)(H2,23,25,31)/t13-,14-,17-/m0/s1. The summed E-state index contributed by atoms with van der Waals surface area (Å²) >= 11 is 2.74. The van der Waals surface area contributed by atoms with Crippen LogP contribution < -0.4 is 27.0 Å². The molecule has 1 saturated heterocycles. The van der Waals surface area contributed by atoms with Crippen molar-refractivity contribution in [3.8, 4) is 0 Å². The molecule has 0 radical (unpaired) electrons. The quantitative estimate of drug-likeness (QED) is 0.206. The van der Waals surface area contributed by atoms with Crippen molar-refractivity contribution >= 4 is 53.2 Å². The lowest BCUT2D eigenvalue weighted by atomic mass is 10.1. The van der Waals surface area contributed by atoms with Crippen molar-refractivity contribution in [3.63, 3.8) is 0 Å². The molecular formula is C20H36N6O5S2. The number of nitrogens with one attached hydrogen (secondary N) is 4. The first kappa shape index (κ1) is 28.9. The Morgan fingerprint density at radius 3 is 2.30 bits per heavy atom. The maximum atomic E-state index is 13.2. The van der Waals surface area contributed by atoms with Gasteiger partial charge in [-0.2, -0.15) is 23.5 Å². The topological polar surface area (TPSA) is 163 Å². The van der Waals surface area contributed by atoms with Crippen LogP contribution in [0.25, 0.3) is 0 Å². The third-order valence-electron chi connectivity index (χ3n) is 4.92. The minimum Gasteiger partial charge on any atom is -0.368 e. The zero-order chi connectivity index (χ0) is 25.0. The van der Waals surface area contributed by atoms with Crippen LogP contribution in [0.5, 0.6) is 0 Å². The van der Waals surface area contributed by atoms with Gasteiger partial charge in [0.05, 0.1) is 17.5 Å². The highest BCUT2D eigenvalue weighted by molar-refractivity contribution is 7.99. The van der Waals surface area contributed by atoms with Crippen LogP contribution in [-0.4, -0.2) is 95.8 Å². The molecule has 3 atom stereocenters. The molecule has 0 unspecified atom stereocenters. The van der Waals surface area contributed by atoms with Crippen LogP contribution in [0.1, 0.15) is 33.1 Å². The summed E-state index contributed by atoms with van der Waals surface area (Å²) in [4.78, 5) is 62.9. The number of rotatable bonds is 13. The Hall–Kier alpha value is -2.15. The zero-order valence-electron chi connectivity index (χ0n) is 19.6. The number of carbonyl (C=O) groups excluding carboxylic acids is 5. The fourth-order valence-electron chi connectivity index (χ4n) is 3.48. The smallest absolute Gasteiger partial charge is 0.315 e. The molecule has 1 aliphatic heterocycles. The number of nitrogens with two attached hydrogens (primary N) is 1. The van der Waals surface area contributed by atoms with E-state index < -0.39 is 36.0 Å². The average molecular weight is 505 g/mol. The van der Waals surface area contributed by atoms with Crippen molar-refractivity contribution < 1.29 is 24.0 Å². The zero-order valence-corrected chi connectivity index (χ0v) is 21.3. The monoisotopic (exact) mass is 504 g/mol. The van der Waals surface area contributed by atoms with Gasteiger partial charge in [0.1, 0.15) is 12.1 Å². The fraction of sp³-hybridized carbons (Fsp3) is 0.750. The maximum Gasteiger partial charge on any atom is 0.315 e. The molecule has 0 saturated carbocycles. The number of amides is 6. The van der Waals surface area contributed by atoms with Gasteiger partial charge in [0.25, 0.3) is 0 Å². The molecule has 0 spiro atoms. The van der Waals surface area contributed by atoms with Crippen LogP contribution in [-0.2, 0) is 19.2 Å². The number of thioether (sulfide) groups is 2. The van der Waals surface area contributed by atoms with Crippen molar-refractivity contribution in [2.75, 3.05) is 37.1 Å². The molecule has 1 rings (SSSR count). The normalized spacial score (nSPS) is 18.5. The highest BCUT2D eigenvalue weighted by atomic mass is 32.2. The van der Waals surface area contributed by atoms with Crippen molar-refractivity contribution in [2.24, 2.45) is 5.73 Å². The molecule has 0 aromatic heterocycles. The molecule has 1 aliphatic rings. The molecule has 1 fully saturated rings. The van der Waals surface area contributed by atoms with Crippen molar-refractivity contribution in [3.05, 3.63) is 0 Å². The minimum atomic E-state index is -0.960. The van der Waals surface area contributed by atoms with E-state index in [1.807, 2.05) is 20.1 Å². The van der Waals surface area contributed by atoms with Gasteiger partial charge in [0.15, 0.2) is 0 Å². The average Bonchev–Trinajstić information content (AvgIpc) is 3.13. The van der Waals surface area contributed by atoms with Gasteiger partial charge in [-0.05, 0) is 45.6 Å². The number of urea groups is 1. The maximum absolute atomic E-state index is 13.2. The van der Waals surface area contributed by atoms with Crippen molar-refractivity contribution in [1.82, 2.24) is 26.2 Å². The number of likely N-dealkylation sites (tertiary alicyclic amines) is 1. The third-order valence-corrected chi connectivity index (χ3v) is 6.00. The van der Waals surface area contributed by atoms with Gasteiger partial charge >= 0.3 is 6.03 Å². The molecule has 33 heavy (non-hydrogen) atoms. The number of carbonyl (C=O) groups is 5. The van der Waals surface area contributed by atoms with Crippen LogP contribution >= 0.6 is 23.5 Å². The largest absolute Gasteiger partial charge is 0.368 e. The highest BCUT2D eigenvalue weighted by Crippen LogP contribution is 2.20. The summed E-state index contributed by atoms with van der Waals surface area (Å²) in [6.07, 6.45) is 4.69. The molecule has 0 aromatic carbocycles. The summed E-state index contributed by atoms with van der Waals surface area (Å²) in [5.74, 6) is -1.04. The van der Waals surface area contributed by atoms with E-state index in [1.165, 1.54) is 28.4 Å². The first-order valence-electron chi connectivity index (χ1n) is 10.8. The summed E-state index contributed by atoms with van der Waals surface area (Å²) in [5.41, 5.74) is 5.48. The van der Waals surface area contributed by atoms with E-state index in [-0.39, 0.29) is 30.0 Å². The molecule has 188 valence electrons. The van der Waals surface area contributed by atoms with Crippen LogP contribution in [0.3, 0.4) is 0 Å². The highest BCUT2D eigenvalue weighted by Gasteiger charge is 2.43. The van der Waals surface area contributed by atoms with Gasteiger partial charge in [-0.3, -0.25) is 19.2 Å². The molecule has 0 aromatic rings. The van der Waals surface area contributed by atoms with Crippen LogP contribution in [0.15, 0.2) is 0 Å². The molecule has 6 N–H and O–H groups in total. The molecule has 13 heteroatoms. The number of hydrogen-bond acceptors (Lipinski definition) is 7. The molecule has 0 aliphatic carbocycles. The van der Waals surface area contributed by atoms with Crippen LogP contribution in [0, 0.1) is 0 Å². The second kappa shape index (κ2) is 14.9. The van der Waals surface area contributed by atoms with Crippen LogP contribution in [0.4, 0.5) is 4.79 Å².